The molecule has 0 fully saturated rings. The lowest BCUT2D eigenvalue weighted by Gasteiger charge is -2.21. The Hall–Kier alpha value is -1.24. The van der Waals surface area contributed by atoms with E-state index < -0.39 is 10.0 Å². The van der Waals surface area contributed by atoms with Gasteiger partial charge >= 0.3 is 0 Å². The van der Waals surface area contributed by atoms with Gasteiger partial charge in [-0.25, -0.2) is 13.4 Å². The fourth-order valence-electron chi connectivity index (χ4n) is 2.07. The molecule has 0 aliphatic carbocycles. The molecule has 1 atom stereocenters. The van der Waals surface area contributed by atoms with Gasteiger partial charge in [0, 0.05) is 17.5 Å². The van der Waals surface area contributed by atoms with Crippen LogP contribution >= 0.6 is 11.3 Å². The van der Waals surface area contributed by atoms with Crippen molar-refractivity contribution in [2.75, 3.05) is 13.3 Å². The fourth-order valence-corrected chi connectivity index (χ4v) is 3.98. The monoisotopic (exact) mass is 324 g/mol. The number of aryl methyl sites for hydroxylation is 2. The summed E-state index contributed by atoms with van der Waals surface area (Å²) in [6.45, 7) is 5.86. The molecule has 2 rings (SSSR count). The highest BCUT2D eigenvalue weighted by molar-refractivity contribution is 7.88. The van der Waals surface area contributed by atoms with Crippen molar-refractivity contribution in [2.45, 2.75) is 26.8 Å². The summed E-state index contributed by atoms with van der Waals surface area (Å²) in [7, 11) is -1.61. The second-order valence-corrected chi connectivity index (χ2v) is 8.36. The number of sulfonamides is 1. The first kappa shape index (κ1) is 16.1. The molecular formula is C15H20N2O2S2. The van der Waals surface area contributed by atoms with Crippen molar-refractivity contribution in [1.82, 2.24) is 9.29 Å². The molecule has 1 aromatic carbocycles. The van der Waals surface area contributed by atoms with Gasteiger partial charge in [0.1, 0.15) is 5.01 Å². The first-order valence-electron chi connectivity index (χ1n) is 6.67. The predicted molar refractivity (Wildman–Crippen MR) is 88.0 cm³/mol. The van der Waals surface area contributed by atoms with E-state index in [9.17, 15) is 8.42 Å². The predicted octanol–water partition coefficient (Wildman–Crippen LogP) is 3.38. The van der Waals surface area contributed by atoms with E-state index in [4.69, 9.17) is 0 Å². The molecule has 0 spiro atoms. The third kappa shape index (κ3) is 3.51. The van der Waals surface area contributed by atoms with Crippen LogP contribution in [0.4, 0.5) is 0 Å². The van der Waals surface area contributed by atoms with Crippen LogP contribution in [0.3, 0.4) is 0 Å². The average molecular weight is 324 g/mol. The summed E-state index contributed by atoms with van der Waals surface area (Å²) in [6, 6.07) is 7.98. The van der Waals surface area contributed by atoms with Crippen LogP contribution in [0.2, 0.25) is 0 Å². The van der Waals surface area contributed by atoms with Gasteiger partial charge < -0.3 is 0 Å². The minimum Gasteiger partial charge on any atom is -0.241 e. The van der Waals surface area contributed by atoms with E-state index in [1.807, 2.05) is 32.9 Å². The molecule has 0 saturated heterocycles. The van der Waals surface area contributed by atoms with E-state index in [0.717, 1.165) is 21.1 Å². The van der Waals surface area contributed by atoms with Crippen LogP contribution in [-0.4, -0.2) is 31.0 Å². The quantitative estimate of drug-likeness (QED) is 0.866. The molecule has 0 bridgehead atoms. The molecule has 6 heteroatoms. The maximum atomic E-state index is 11.7. The van der Waals surface area contributed by atoms with Crippen LogP contribution in [0.15, 0.2) is 24.3 Å². The minimum atomic E-state index is -3.22. The molecule has 0 aliphatic rings. The van der Waals surface area contributed by atoms with Gasteiger partial charge in [0.15, 0.2) is 0 Å². The number of rotatable bonds is 4. The lowest BCUT2D eigenvalue weighted by atomic mass is 10.2. The van der Waals surface area contributed by atoms with Crippen molar-refractivity contribution < 1.29 is 8.42 Å². The Morgan fingerprint density at radius 2 is 1.76 bits per heavy atom. The topological polar surface area (TPSA) is 50.3 Å². The summed E-state index contributed by atoms with van der Waals surface area (Å²) in [5, 5.41) is 0.927. The van der Waals surface area contributed by atoms with Gasteiger partial charge in [0.2, 0.25) is 10.0 Å². The van der Waals surface area contributed by atoms with E-state index in [2.05, 4.69) is 17.1 Å². The van der Waals surface area contributed by atoms with Crippen LogP contribution in [0.25, 0.3) is 10.6 Å². The van der Waals surface area contributed by atoms with Crippen molar-refractivity contribution in [1.29, 1.82) is 0 Å². The van der Waals surface area contributed by atoms with Crippen molar-refractivity contribution >= 4 is 21.4 Å². The second-order valence-electron chi connectivity index (χ2n) is 5.29. The molecule has 0 radical (unpaired) electrons. The normalized spacial score (nSPS) is 13.6. The first-order valence-corrected chi connectivity index (χ1v) is 9.34. The van der Waals surface area contributed by atoms with Crippen LogP contribution in [-0.2, 0) is 10.0 Å². The number of aromatic nitrogens is 1. The summed E-state index contributed by atoms with van der Waals surface area (Å²) >= 11 is 1.55. The fraction of sp³-hybridized carbons (Fsp3) is 0.400. The number of thiazole rings is 1. The molecule has 0 amide bonds. The van der Waals surface area contributed by atoms with Crippen molar-refractivity contribution in [3.63, 3.8) is 0 Å². The minimum absolute atomic E-state index is 0.211. The number of hydrogen-bond donors (Lipinski definition) is 0. The summed E-state index contributed by atoms with van der Waals surface area (Å²) < 4.78 is 24.7. The average Bonchev–Trinajstić information content (AvgIpc) is 2.79. The molecule has 114 valence electrons. The van der Waals surface area contributed by atoms with Gasteiger partial charge in [-0.2, -0.15) is 4.31 Å². The van der Waals surface area contributed by atoms with Gasteiger partial charge in [0.05, 0.1) is 18.0 Å². The highest BCUT2D eigenvalue weighted by atomic mass is 32.2. The Kier molecular flexibility index (Phi) is 4.51. The molecule has 0 aliphatic heterocycles. The van der Waals surface area contributed by atoms with E-state index in [1.54, 1.807) is 18.4 Å². The standard InChI is InChI=1S/C15H20N2O2S2/c1-10-6-8-13(9-7-10)15-16-11(2)14(20-15)12(3)17(4)21(5,18)19/h6-9,12H,1-5H3/t12-/m1/s1. The van der Waals surface area contributed by atoms with Gasteiger partial charge in [-0.15, -0.1) is 11.3 Å². The second kappa shape index (κ2) is 5.87. The van der Waals surface area contributed by atoms with Crippen LogP contribution in [0, 0.1) is 13.8 Å². The number of benzene rings is 1. The zero-order valence-corrected chi connectivity index (χ0v) is 14.5. The van der Waals surface area contributed by atoms with Crippen LogP contribution in [0.1, 0.15) is 29.1 Å². The number of nitrogens with zero attached hydrogens (tertiary/aromatic N) is 2. The molecular weight excluding hydrogens is 304 g/mol. The largest absolute Gasteiger partial charge is 0.241 e. The van der Waals surface area contributed by atoms with E-state index in [0.29, 0.717) is 0 Å². The van der Waals surface area contributed by atoms with E-state index in [-0.39, 0.29) is 6.04 Å². The smallest absolute Gasteiger partial charge is 0.211 e. The first-order chi connectivity index (χ1) is 9.70. The van der Waals surface area contributed by atoms with Crippen LogP contribution in [0.5, 0.6) is 0 Å². The molecule has 4 nitrogen and oxygen atoms in total. The molecule has 21 heavy (non-hydrogen) atoms. The summed E-state index contributed by atoms with van der Waals surface area (Å²) in [4.78, 5) is 5.58. The van der Waals surface area contributed by atoms with E-state index >= 15 is 0 Å². The number of hydrogen-bond acceptors (Lipinski definition) is 4. The van der Waals surface area contributed by atoms with Gasteiger partial charge in [-0.1, -0.05) is 29.8 Å². The summed E-state index contributed by atoms with van der Waals surface area (Å²) in [5.41, 5.74) is 3.16. The molecule has 1 aromatic heterocycles. The Labute approximate surface area is 130 Å². The van der Waals surface area contributed by atoms with Crippen molar-refractivity contribution in [3.05, 3.63) is 40.4 Å². The van der Waals surface area contributed by atoms with Crippen LogP contribution < -0.4 is 0 Å². The Balaban J connectivity index is 2.37. The SMILES string of the molecule is Cc1ccc(-c2nc(C)c([C@@H](C)N(C)S(C)(=O)=O)s2)cc1. The van der Waals surface area contributed by atoms with Gasteiger partial charge in [0.25, 0.3) is 0 Å². The van der Waals surface area contributed by atoms with Crippen molar-refractivity contribution in [2.24, 2.45) is 0 Å². The molecule has 2 aromatic rings. The molecule has 1 heterocycles. The third-order valence-corrected chi connectivity index (χ3v) is 6.32. The van der Waals surface area contributed by atoms with E-state index in [1.165, 1.54) is 16.1 Å². The molecule has 0 saturated carbocycles. The zero-order chi connectivity index (χ0) is 15.8. The Bertz CT molecular complexity index is 734. The maximum absolute atomic E-state index is 11.7. The Morgan fingerprint density at radius 3 is 2.29 bits per heavy atom. The summed E-state index contributed by atoms with van der Waals surface area (Å²) in [5.74, 6) is 0. The zero-order valence-electron chi connectivity index (χ0n) is 12.9. The lowest BCUT2D eigenvalue weighted by molar-refractivity contribution is 0.405. The Morgan fingerprint density at radius 1 is 1.19 bits per heavy atom. The lowest BCUT2D eigenvalue weighted by Crippen LogP contribution is -2.28. The summed E-state index contributed by atoms with van der Waals surface area (Å²) in [6.07, 6.45) is 1.22. The third-order valence-electron chi connectivity index (χ3n) is 3.58. The maximum Gasteiger partial charge on any atom is 0.211 e. The highest BCUT2D eigenvalue weighted by Gasteiger charge is 2.24. The highest BCUT2D eigenvalue weighted by Crippen LogP contribution is 2.34. The van der Waals surface area contributed by atoms with Gasteiger partial charge in [-0.05, 0) is 20.8 Å². The van der Waals surface area contributed by atoms with Gasteiger partial charge in [-0.3, -0.25) is 0 Å². The van der Waals surface area contributed by atoms with Crippen molar-refractivity contribution in [3.8, 4) is 10.6 Å². The molecule has 0 N–H and O–H groups in total. The molecule has 0 unspecified atom stereocenters.